The minimum atomic E-state index is -0.991. The molecule has 5 aromatic rings. The van der Waals surface area contributed by atoms with Gasteiger partial charge in [0.15, 0.2) is 0 Å². The van der Waals surface area contributed by atoms with Gasteiger partial charge in [-0.1, -0.05) is 24.3 Å². The molecule has 3 aliphatic heterocycles. The van der Waals surface area contributed by atoms with Gasteiger partial charge in [-0.05, 0) is 96.6 Å². The fraction of sp³-hybridized carbons (Fsp3) is 0.302. The number of aromatic nitrogens is 2. The van der Waals surface area contributed by atoms with Gasteiger partial charge in [-0.15, -0.1) is 0 Å². The zero-order valence-electron chi connectivity index (χ0n) is 31.0. The maximum absolute atomic E-state index is 15.2. The number of benzene rings is 3. The summed E-state index contributed by atoms with van der Waals surface area (Å²) >= 11 is 0. The number of amides is 3. The van der Waals surface area contributed by atoms with E-state index in [9.17, 15) is 19.8 Å². The minimum absolute atomic E-state index is 0.0875. The fourth-order valence-corrected chi connectivity index (χ4v) is 8.16. The van der Waals surface area contributed by atoms with Crippen molar-refractivity contribution in [3.63, 3.8) is 0 Å². The molecule has 2 N–H and O–H groups in total. The van der Waals surface area contributed by atoms with Crippen LogP contribution >= 0.6 is 0 Å². The highest BCUT2D eigenvalue weighted by atomic mass is 16.5. The number of morpholine rings is 1. The Morgan fingerprint density at radius 1 is 0.836 bits per heavy atom. The third kappa shape index (κ3) is 7.06. The van der Waals surface area contributed by atoms with E-state index in [4.69, 9.17) is 4.74 Å². The summed E-state index contributed by atoms with van der Waals surface area (Å²) in [5.74, 6) is -0.325. The molecule has 55 heavy (non-hydrogen) atoms. The number of carboxylic acid groups (broad SMARTS) is 1. The first kappa shape index (κ1) is 36.0. The van der Waals surface area contributed by atoms with Crippen LogP contribution in [0.1, 0.15) is 48.7 Å². The Hall–Kier alpha value is -5.98. The number of hydrogen-bond donors (Lipinski definition) is 2. The van der Waals surface area contributed by atoms with E-state index in [1.165, 1.54) is 10.5 Å². The fourth-order valence-electron chi connectivity index (χ4n) is 8.16. The van der Waals surface area contributed by atoms with Crippen molar-refractivity contribution in [2.24, 2.45) is 7.05 Å². The Balaban J connectivity index is 1.23. The van der Waals surface area contributed by atoms with Gasteiger partial charge in [-0.25, -0.2) is 4.79 Å². The van der Waals surface area contributed by atoms with E-state index in [-0.39, 0.29) is 30.2 Å². The molecule has 1 atom stereocenters. The molecule has 12 heteroatoms. The highest BCUT2D eigenvalue weighted by Crippen LogP contribution is 2.37. The summed E-state index contributed by atoms with van der Waals surface area (Å²) < 4.78 is 7.59. The molecule has 2 aromatic heterocycles. The Morgan fingerprint density at radius 2 is 1.55 bits per heavy atom. The maximum Gasteiger partial charge on any atom is 0.407 e. The predicted octanol–water partition coefficient (Wildman–Crippen LogP) is 6.02. The minimum Gasteiger partial charge on any atom is -0.508 e. The lowest BCUT2D eigenvalue weighted by Crippen LogP contribution is -2.52. The molecule has 0 saturated carbocycles. The summed E-state index contributed by atoms with van der Waals surface area (Å²) in [6, 6.07) is 24.0. The number of nitrogens with zero attached hydrogens (tertiary/aromatic N) is 6. The number of ether oxygens (including phenoxy) is 1. The van der Waals surface area contributed by atoms with Gasteiger partial charge in [-0.3, -0.25) is 24.4 Å². The molecule has 8 rings (SSSR count). The van der Waals surface area contributed by atoms with Crippen molar-refractivity contribution in [1.29, 1.82) is 0 Å². The molecule has 12 nitrogen and oxygen atoms in total. The lowest BCUT2D eigenvalue weighted by atomic mass is 9.89. The smallest absolute Gasteiger partial charge is 0.407 e. The van der Waals surface area contributed by atoms with Crippen molar-refractivity contribution in [1.82, 2.24) is 24.3 Å². The Kier molecular flexibility index (Phi) is 9.85. The van der Waals surface area contributed by atoms with E-state index in [1.807, 2.05) is 53.8 Å². The monoisotopic (exact) mass is 740 g/mol. The van der Waals surface area contributed by atoms with E-state index in [0.717, 1.165) is 36.2 Å². The molecular weight excluding hydrogens is 697 g/mol. The third-order valence-electron chi connectivity index (χ3n) is 11.3. The average molecular weight is 741 g/mol. The van der Waals surface area contributed by atoms with Crippen LogP contribution < -0.4 is 4.90 Å². The Labute approximate surface area is 319 Å². The summed E-state index contributed by atoms with van der Waals surface area (Å²) in [6.07, 6.45) is 3.49. The molecule has 3 amide bonds. The maximum atomic E-state index is 15.2. The van der Waals surface area contributed by atoms with Crippen LogP contribution in [-0.4, -0.2) is 97.8 Å². The number of phenols is 1. The predicted molar refractivity (Wildman–Crippen MR) is 208 cm³/mol. The van der Waals surface area contributed by atoms with Crippen molar-refractivity contribution in [3.8, 4) is 17.0 Å². The zero-order chi connectivity index (χ0) is 38.2. The van der Waals surface area contributed by atoms with Gasteiger partial charge in [0.05, 0.1) is 24.5 Å². The summed E-state index contributed by atoms with van der Waals surface area (Å²) in [5.41, 5.74) is 8.35. The number of hydrogen-bond acceptors (Lipinski definition) is 7. The van der Waals surface area contributed by atoms with Crippen molar-refractivity contribution in [2.75, 3.05) is 44.3 Å². The zero-order valence-corrected chi connectivity index (χ0v) is 31.0. The third-order valence-corrected chi connectivity index (χ3v) is 11.3. The number of rotatable bonds is 7. The second-order valence-corrected chi connectivity index (χ2v) is 14.5. The van der Waals surface area contributed by atoms with Gasteiger partial charge >= 0.3 is 6.09 Å². The van der Waals surface area contributed by atoms with Crippen LogP contribution in [0, 0.1) is 6.92 Å². The highest BCUT2D eigenvalue weighted by Gasteiger charge is 2.35. The van der Waals surface area contributed by atoms with Crippen LogP contribution in [0.3, 0.4) is 0 Å². The number of fused-ring (bicyclic) bond motifs is 2. The second kappa shape index (κ2) is 15.0. The van der Waals surface area contributed by atoms with E-state index in [1.54, 1.807) is 53.7 Å². The van der Waals surface area contributed by atoms with Crippen LogP contribution in [0.5, 0.6) is 5.75 Å². The van der Waals surface area contributed by atoms with Crippen molar-refractivity contribution in [2.45, 2.75) is 38.9 Å². The first-order chi connectivity index (χ1) is 26.7. The highest BCUT2D eigenvalue weighted by molar-refractivity contribution is 6.12. The number of phenolic OH excluding ortho intramolecular Hbond substituents is 1. The van der Waals surface area contributed by atoms with E-state index in [0.29, 0.717) is 78.7 Å². The standard InChI is InChI=1S/C43H44N6O6/c1-28-37(42(52)49(34-11-14-44-15-12-34)33-7-9-36(50)10-8-33)24-40(45(28)2)38-22-30-13-16-47(43(53)54)25-32(30)23-39(38)41(51)48-26-31-6-4-3-5-29(31)21-35(48)27-46-17-19-55-20-18-46/h3-12,14-15,22-24,35,50H,13,16-21,25-27H2,1-2H3,(H,53,54)/t35-/m0/s1. The quantitative estimate of drug-likeness (QED) is 0.207. The van der Waals surface area contributed by atoms with E-state index < -0.39 is 6.09 Å². The molecule has 0 unspecified atom stereocenters. The molecule has 3 aromatic carbocycles. The Morgan fingerprint density at radius 3 is 2.27 bits per heavy atom. The van der Waals surface area contributed by atoms with Gasteiger partial charge in [0, 0.05) is 93.0 Å². The summed E-state index contributed by atoms with van der Waals surface area (Å²) in [7, 11) is 1.90. The summed E-state index contributed by atoms with van der Waals surface area (Å²) in [6.45, 7) is 6.51. The van der Waals surface area contributed by atoms with Crippen LogP contribution in [0.4, 0.5) is 16.2 Å². The number of anilines is 2. The van der Waals surface area contributed by atoms with E-state index in [2.05, 4.69) is 22.0 Å². The molecule has 5 heterocycles. The molecule has 1 saturated heterocycles. The topological polar surface area (TPSA) is 132 Å². The van der Waals surface area contributed by atoms with Gasteiger partial charge < -0.3 is 29.3 Å². The van der Waals surface area contributed by atoms with E-state index >= 15 is 4.79 Å². The molecule has 0 radical (unpaired) electrons. The normalized spacial score (nSPS) is 17.0. The van der Waals surface area contributed by atoms with Crippen LogP contribution in [0.15, 0.2) is 91.3 Å². The van der Waals surface area contributed by atoms with Crippen LogP contribution in [0.2, 0.25) is 0 Å². The average Bonchev–Trinajstić information content (AvgIpc) is 3.51. The molecular formula is C43H44N6O6. The molecule has 3 aliphatic rings. The van der Waals surface area contributed by atoms with Crippen LogP contribution in [-0.2, 0) is 37.7 Å². The lowest BCUT2D eigenvalue weighted by Gasteiger charge is -2.41. The summed E-state index contributed by atoms with van der Waals surface area (Å²) in [4.78, 5) is 53.5. The first-order valence-electron chi connectivity index (χ1n) is 18.7. The molecule has 0 bridgehead atoms. The lowest BCUT2D eigenvalue weighted by molar-refractivity contribution is 0.0193. The molecule has 0 aliphatic carbocycles. The van der Waals surface area contributed by atoms with Crippen molar-refractivity contribution < 1.29 is 29.3 Å². The van der Waals surface area contributed by atoms with Gasteiger partial charge in [0.2, 0.25) is 0 Å². The van der Waals surface area contributed by atoms with Crippen LogP contribution in [0.25, 0.3) is 11.3 Å². The van der Waals surface area contributed by atoms with Crippen molar-refractivity contribution >= 4 is 29.3 Å². The number of pyridine rings is 1. The molecule has 1 fully saturated rings. The van der Waals surface area contributed by atoms with Gasteiger partial charge in [0.25, 0.3) is 11.8 Å². The Bertz CT molecular complexity index is 2250. The second-order valence-electron chi connectivity index (χ2n) is 14.5. The van der Waals surface area contributed by atoms with Gasteiger partial charge in [-0.2, -0.15) is 0 Å². The number of aromatic hydroxyl groups is 1. The number of carbonyl (C=O) groups excluding carboxylic acids is 2. The summed E-state index contributed by atoms with van der Waals surface area (Å²) in [5, 5.41) is 19.9. The van der Waals surface area contributed by atoms with Crippen molar-refractivity contribution in [3.05, 3.63) is 130 Å². The largest absolute Gasteiger partial charge is 0.508 e. The number of carbonyl (C=O) groups is 3. The van der Waals surface area contributed by atoms with Gasteiger partial charge in [0.1, 0.15) is 5.75 Å². The molecule has 282 valence electrons. The first-order valence-corrected chi connectivity index (χ1v) is 18.7. The SMILES string of the molecule is Cc1c(C(=O)N(c2ccncc2)c2ccc(O)cc2)cc(-c2cc3c(cc2C(=O)N2Cc4ccccc4C[C@H]2CN2CCOCC2)CN(C(=O)O)CC3)n1C. The molecule has 0 spiro atoms.